The van der Waals surface area contributed by atoms with Gasteiger partial charge < -0.3 is 9.72 Å². The van der Waals surface area contributed by atoms with Gasteiger partial charge in [0.05, 0.1) is 5.56 Å². The number of aromatic amines is 1. The van der Waals surface area contributed by atoms with Gasteiger partial charge in [-0.1, -0.05) is 18.2 Å². The predicted octanol–water partition coefficient (Wildman–Crippen LogP) is 4.61. The molecule has 3 rings (SSSR count). The molecule has 0 saturated heterocycles. The summed E-state index contributed by atoms with van der Waals surface area (Å²) >= 11 is 0.156. The van der Waals surface area contributed by atoms with E-state index in [-0.39, 0.29) is 28.1 Å². The Kier molecular flexibility index (Phi) is 5.55. The van der Waals surface area contributed by atoms with E-state index in [4.69, 9.17) is 4.74 Å². The molecule has 0 radical (unpaired) electrons. The molecular formula is C19H16F2N2O3S. The molecule has 0 aliphatic rings. The number of H-pyrrole nitrogens is 1. The number of benzene rings is 1. The number of halogens is 2. The topological polar surface area (TPSA) is 72.1 Å². The molecule has 5 nitrogen and oxygen atoms in total. The Labute approximate surface area is 158 Å². The van der Waals surface area contributed by atoms with Crippen molar-refractivity contribution in [3.63, 3.8) is 0 Å². The van der Waals surface area contributed by atoms with Crippen molar-refractivity contribution >= 4 is 34.4 Å². The van der Waals surface area contributed by atoms with Crippen LogP contribution in [0.4, 0.5) is 8.78 Å². The number of ketones is 1. The number of Topliss-reactive ketones (excluding diaryl/α,β-unsaturated/α-hetero) is 1. The van der Waals surface area contributed by atoms with Crippen molar-refractivity contribution in [3.8, 4) is 0 Å². The fourth-order valence-corrected chi connectivity index (χ4v) is 3.37. The highest BCUT2D eigenvalue weighted by molar-refractivity contribution is 7.99. The van der Waals surface area contributed by atoms with Gasteiger partial charge in [0.1, 0.15) is 5.03 Å². The molecule has 140 valence electrons. The van der Waals surface area contributed by atoms with E-state index in [0.29, 0.717) is 11.3 Å². The number of carbonyl (C=O) groups is 2. The van der Waals surface area contributed by atoms with E-state index in [2.05, 4.69) is 9.97 Å². The van der Waals surface area contributed by atoms with Crippen LogP contribution in [0, 0.1) is 6.92 Å². The standard InChI is InChI=1S/C19H16F2N2O3S/c1-10-15(12-6-3-4-8-14(12)23-10)16(24)11(2)26-18(25)13-7-5-9-22-17(13)27-19(20)21/h3-9,11,19,23H,1-2H3/t11-/m1/s1. The van der Waals surface area contributed by atoms with E-state index in [9.17, 15) is 18.4 Å². The van der Waals surface area contributed by atoms with Crippen molar-refractivity contribution in [1.29, 1.82) is 0 Å². The minimum absolute atomic E-state index is 0.0990. The molecule has 0 fully saturated rings. The summed E-state index contributed by atoms with van der Waals surface area (Å²) in [6.45, 7) is 3.22. The highest BCUT2D eigenvalue weighted by Gasteiger charge is 2.26. The van der Waals surface area contributed by atoms with Gasteiger partial charge in [-0.2, -0.15) is 8.78 Å². The minimum Gasteiger partial charge on any atom is -0.451 e. The van der Waals surface area contributed by atoms with Crippen LogP contribution in [0.3, 0.4) is 0 Å². The maximum absolute atomic E-state index is 12.8. The van der Waals surface area contributed by atoms with Gasteiger partial charge >= 0.3 is 5.97 Å². The lowest BCUT2D eigenvalue weighted by Gasteiger charge is -2.14. The first kappa shape index (κ1) is 19.0. The molecule has 0 unspecified atom stereocenters. The van der Waals surface area contributed by atoms with Gasteiger partial charge in [0.2, 0.25) is 5.78 Å². The molecule has 0 bridgehead atoms. The Morgan fingerprint density at radius 3 is 2.67 bits per heavy atom. The summed E-state index contributed by atoms with van der Waals surface area (Å²) in [5, 5.41) is 0.596. The van der Waals surface area contributed by atoms with E-state index < -0.39 is 17.8 Å². The first-order valence-electron chi connectivity index (χ1n) is 8.10. The van der Waals surface area contributed by atoms with Gasteiger partial charge in [0, 0.05) is 28.4 Å². The molecule has 27 heavy (non-hydrogen) atoms. The van der Waals surface area contributed by atoms with E-state index in [1.807, 2.05) is 18.2 Å². The van der Waals surface area contributed by atoms with E-state index in [1.54, 1.807) is 13.0 Å². The fraction of sp³-hybridized carbons (Fsp3) is 0.211. The number of alkyl halides is 2. The third-order valence-corrected chi connectivity index (χ3v) is 4.71. The molecule has 0 spiro atoms. The van der Waals surface area contributed by atoms with Crippen molar-refractivity contribution in [2.75, 3.05) is 0 Å². The van der Waals surface area contributed by atoms with Crippen LogP contribution in [-0.4, -0.2) is 33.6 Å². The summed E-state index contributed by atoms with van der Waals surface area (Å²) in [5.41, 5.74) is 1.82. The fourth-order valence-electron chi connectivity index (χ4n) is 2.80. The Bertz CT molecular complexity index is 1000. The van der Waals surface area contributed by atoms with Crippen LogP contribution in [0.5, 0.6) is 0 Å². The van der Waals surface area contributed by atoms with Crippen LogP contribution in [0.1, 0.15) is 33.3 Å². The van der Waals surface area contributed by atoms with Gasteiger partial charge in [-0.05, 0) is 43.8 Å². The molecule has 1 N–H and O–H groups in total. The number of aryl methyl sites for hydroxylation is 1. The minimum atomic E-state index is -2.72. The molecular weight excluding hydrogens is 374 g/mol. The lowest BCUT2D eigenvalue weighted by atomic mass is 10.0. The zero-order chi connectivity index (χ0) is 19.6. The number of pyridine rings is 1. The largest absolute Gasteiger partial charge is 0.451 e. The van der Waals surface area contributed by atoms with E-state index in [0.717, 1.165) is 10.9 Å². The normalized spacial score (nSPS) is 12.3. The maximum Gasteiger partial charge on any atom is 0.341 e. The Hall–Kier alpha value is -2.74. The van der Waals surface area contributed by atoms with Crippen LogP contribution in [0.2, 0.25) is 0 Å². The Morgan fingerprint density at radius 2 is 1.93 bits per heavy atom. The quantitative estimate of drug-likeness (QED) is 0.378. The summed E-state index contributed by atoms with van der Waals surface area (Å²) in [6, 6.07) is 10.1. The molecule has 3 aromatic rings. The molecule has 0 aliphatic carbocycles. The van der Waals surface area contributed by atoms with Crippen molar-refractivity contribution in [1.82, 2.24) is 9.97 Å². The Balaban J connectivity index is 1.83. The van der Waals surface area contributed by atoms with Crippen LogP contribution < -0.4 is 0 Å². The third-order valence-electron chi connectivity index (χ3n) is 3.98. The SMILES string of the molecule is Cc1[nH]c2ccccc2c1C(=O)[C@@H](C)OC(=O)c1cccnc1SC(F)F. The third kappa shape index (κ3) is 4.00. The number of aromatic nitrogens is 2. The number of carbonyl (C=O) groups excluding carboxylic acids is 2. The van der Waals surface area contributed by atoms with Gasteiger partial charge in [0.15, 0.2) is 6.10 Å². The van der Waals surface area contributed by atoms with Crippen molar-refractivity contribution < 1.29 is 23.1 Å². The zero-order valence-corrected chi connectivity index (χ0v) is 15.3. The lowest BCUT2D eigenvalue weighted by Crippen LogP contribution is -2.25. The second-order valence-corrected chi connectivity index (χ2v) is 6.80. The number of para-hydroxylation sites is 1. The monoisotopic (exact) mass is 390 g/mol. The number of nitrogens with one attached hydrogen (secondary N) is 1. The molecule has 2 aromatic heterocycles. The number of ether oxygens (including phenoxy) is 1. The number of esters is 1. The zero-order valence-electron chi connectivity index (χ0n) is 14.5. The van der Waals surface area contributed by atoms with Crippen molar-refractivity contribution in [2.24, 2.45) is 0 Å². The predicted molar refractivity (Wildman–Crippen MR) is 98.3 cm³/mol. The first-order chi connectivity index (χ1) is 12.9. The summed E-state index contributed by atoms with van der Waals surface area (Å²) in [6.07, 6.45) is 0.228. The van der Waals surface area contributed by atoms with Gasteiger partial charge in [-0.3, -0.25) is 4.79 Å². The van der Waals surface area contributed by atoms with Crippen LogP contribution in [0.25, 0.3) is 10.9 Å². The molecule has 8 heteroatoms. The molecule has 2 heterocycles. The maximum atomic E-state index is 12.8. The molecule has 0 saturated carbocycles. The number of fused-ring (bicyclic) bond motifs is 1. The number of thioether (sulfide) groups is 1. The van der Waals surface area contributed by atoms with Gasteiger partial charge in [-0.25, -0.2) is 9.78 Å². The first-order valence-corrected chi connectivity index (χ1v) is 8.98. The van der Waals surface area contributed by atoms with Crippen molar-refractivity contribution in [2.45, 2.75) is 30.7 Å². The second kappa shape index (κ2) is 7.87. The highest BCUT2D eigenvalue weighted by Crippen LogP contribution is 2.28. The van der Waals surface area contributed by atoms with Crippen LogP contribution in [-0.2, 0) is 4.74 Å². The molecule has 0 aliphatic heterocycles. The molecule has 1 atom stereocenters. The molecule has 0 amide bonds. The second-order valence-electron chi connectivity index (χ2n) is 5.82. The average Bonchev–Trinajstić information content (AvgIpc) is 2.96. The van der Waals surface area contributed by atoms with Crippen LogP contribution in [0.15, 0.2) is 47.6 Å². The Morgan fingerprint density at radius 1 is 1.19 bits per heavy atom. The van der Waals surface area contributed by atoms with Gasteiger partial charge in [-0.15, -0.1) is 0 Å². The highest BCUT2D eigenvalue weighted by atomic mass is 32.2. The summed E-state index contributed by atoms with van der Waals surface area (Å²) in [5.74, 6) is -3.96. The summed E-state index contributed by atoms with van der Waals surface area (Å²) in [7, 11) is 0. The number of rotatable bonds is 6. The summed E-state index contributed by atoms with van der Waals surface area (Å²) in [4.78, 5) is 32.1. The average molecular weight is 390 g/mol. The van der Waals surface area contributed by atoms with E-state index >= 15 is 0 Å². The lowest BCUT2D eigenvalue weighted by molar-refractivity contribution is 0.0315. The van der Waals surface area contributed by atoms with Gasteiger partial charge in [0.25, 0.3) is 5.76 Å². The van der Waals surface area contributed by atoms with Crippen molar-refractivity contribution in [3.05, 3.63) is 59.4 Å². The number of nitrogens with zero attached hydrogens (tertiary/aromatic N) is 1. The number of hydrogen-bond donors (Lipinski definition) is 1. The van der Waals surface area contributed by atoms with Crippen LogP contribution >= 0.6 is 11.8 Å². The van der Waals surface area contributed by atoms with E-state index in [1.165, 1.54) is 25.3 Å². The number of hydrogen-bond acceptors (Lipinski definition) is 5. The molecule has 1 aromatic carbocycles. The summed E-state index contributed by atoms with van der Waals surface area (Å²) < 4.78 is 30.5. The smallest absolute Gasteiger partial charge is 0.341 e.